The van der Waals surface area contributed by atoms with Crippen molar-refractivity contribution in [3.05, 3.63) is 59.8 Å². The molecule has 0 radical (unpaired) electrons. The maximum absolute atomic E-state index is 11.3. The van der Waals surface area contributed by atoms with Crippen molar-refractivity contribution in [2.24, 2.45) is 5.73 Å². The van der Waals surface area contributed by atoms with Crippen molar-refractivity contribution < 1.29 is 4.79 Å². The average Bonchev–Trinajstić information content (AvgIpc) is 3.11. The summed E-state index contributed by atoms with van der Waals surface area (Å²) in [6.07, 6.45) is 4.75. The van der Waals surface area contributed by atoms with Gasteiger partial charge >= 0.3 is 6.03 Å². The summed E-state index contributed by atoms with van der Waals surface area (Å²) in [6.45, 7) is 7.29. The fourth-order valence-electron chi connectivity index (χ4n) is 4.28. The summed E-state index contributed by atoms with van der Waals surface area (Å²) in [4.78, 5) is 15.3. The quantitative estimate of drug-likeness (QED) is 0.679. The minimum absolute atomic E-state index is 0.319. The first kappa shape index (κ1) is 21.2. The number of urea groups is 1. The normalized spacial score (nSPS) is 16.6. The van der Waals surface area contributed by atoms with Gasteiger partial charge in [-0.3, -0.25) is 4.68 Å². The fraction of sp³-hybridized carbons (Fsp3) is 0.440. The molecule has 1 aromatic heterocycles. The Morgan fingerprint density at radius 2 is 1.77 bits per heavy atom. The molecule has 3 aromatic rings. The first-order valence-corrected chi connectivity index (χ1v) is 11.4. The first-order valence-electron chi connectivity index (χ1n) is 11.4. The highest BCUT2D eigenvalue weighted by molar-refractivity contribution is 5.85. The van der Waals surface area contributed by atoms with Gasteiger partial charge in [-0.05, 0) is 50.8 Å². The highest BCUT2D eigenvalue weighted by Gasteiger charge is 2.25. The van der Waals surface area contributed by atoms with E-state index in [4.69, 9.17) is 10.8 Å². The largest absolute Gasteiger partial charge is 0.368 e. The molecule has 2 N–H and O–H groups in total. The average molecular weight is 420 g/mol. The molecular formula is C25H33N5O. The molecule has 1 saturated heterocycles. The third kappa shape index (κ3) is 4.68. The minimum Gasteiger partial charge on any atom is -0.368 e. The van der Waals surface area contributed by atoms with Crippen molar-refractivity contribution in [1.29, 1.82) is 0 Å². The number of nitrogens with two attached hydrogens (primary N) is 1. The molecule has 0 unspecified atom stereocenters. The van der Waals surface area contributed by atoms with Crippen LogP contribution in [0.5, 0.6) is 0 Å². The standard InChI is InChI=1S/C18H25N5O.C7H8/c1-2-16-15-7-6-14(21-8-10-22(11-9-21)18(19)24)12-17(15)23(20-16)13-4-3-5-13;1-7-5-3-2-4-6-7/h6-7,12-13H,2-5,8-11H2,1H3,(H2,19,24);2-6H,1H3. The summed E-state index contributed by atoms with van der Waals surface area (Å²) in [6, 6.07) is 17.2. The summed E-state index contributed by atoms with van der Waals surface area (Å²) in [5.74, 6) is 0. The second-order valence-electron chi connectivity index (χ2n) is 8.50. The predicted octanol–water partition coefficient (Wildman–Crippen LogP) is 4.52. The number of aromatic nitrogens is 2. The number of piperazine rings is 1. The highest BCUT2D eigenvalue weighted by Crippen LogP contribution is 2.36. The van der Waals surface area contributed by atoms with Crippen LogP contribution in [0.2, 0.25) is 0 Å². The van der Waals surface area contributed by atoms with Crippen LogP contribution in [0.4, 0.5) is 10.5 Å². The Morgan fingerprint density at radius 1 is 1.06 bits per heavy atom. The van der Waals surface area contributed by atoms with Crippen LogP contribution in [0, 0.1) is 6.92 Å². The van der Waals surface area contributed by atoms with Gasteiger partial charge in [0.1, 0.15) is 0 Å². The van der Waals surface area contributed by atoms with Crippen molar-refractivity contribution in [3.8, 4) is 0 Å². The van der Waals surface area contributed by atoms with Crippen LogP contribution < -0.4 is 10.6 Å². The molecule has 0 spiro atoms. The number of rotatable bonds is 3. The maximum Gasteiger partial charge on any atom is 0.314 e. The molecule has 0 bridgehead atoms. The molecule has 2 fully saturated rings. The Labute approximate surface area is 184 Å². The Hall–Kier alpha value is -3.02. The van der Waals surface area contributed by atoms with Crippen LogP contribution in [-0.2, 0) is 6.42 Å². The van der Waals surface area contributed by atoms with Gasteiger partial charge in [0.2, 0.25) is 0 Å². The third-order valence-corrected chi connectivity index (χ3v) is 6.42. The molecule has 2 aromatic carbocycles. The zero-order valence-corrected chi connectivity index (χ0v) is 18.6. The van der Waals surface area contributed by atoms with Crippen molar-refractivity contribution in [2.45, 2.75) is 45.6 Å². The van der Waals surface area contributed by atoms with E-state index < -0.39 is 0 Å². The fourth-order valence-corrected chi connectivity index (χ4v) is 4.28. The number of aryl methyl sites for hydroxylation is 2. The molecule has 1 aliphatic carbocycles. The van der Waals surface area contributed by atoms with Crippen LogP contribution in [0.3, 0.4) is 0 Å². The molecule has 2 aliphatic rings. The van der Waals surface area contributed by atoms with Crippen molar-refractivity contribution in [3.63, 3.8) is 0 Å². The number of hydrogen-bond acceptors (Lipinski definition) is 3. The van der Waals surface area contributed by atoms with Crippen LogP contribution >= 0.6 is 0 Å². The summed E-state index contributed by atoms with van der Waals surface area (Å²) in [5, 5.41) is 6.16. The molecule has 1 saturated carbocycles. The number of hydrogen-bond donors (Lipinski definition) is 1. The van der Waals surface area contributed by atoms with Crippen LogP contribution in [0.1, 0.15) is 43.5 Å². The molecule has 6 nitrogen and oxygen atoms in total. The van der Waals surface area contributed by atoms with Gasteiger partial charge in [-0.2, -0.15) is 5.10 Å². The van der Waals surface area contributed by atoms with Gasteiger partial charge in [0.15, 0.2) is 0 Å². The summed E-state index contributed by atoms with van der Waals surface area (Å²) >= 11 is 0. The Bertz CT molecular complexity index is 1020. The molecule has 5 rings (SSSR count). The van der Waals surface area contributed by atoms with Gasteiger partial charge in [0, 0.05) is 37.3 Å². The van der Waals surface area contributed by atoms with E-state index in [0.717, 1.165) is 19.5 Å². The zero-order valence-electron chi connectivity index (χ0n) is 18.6. The smallest absolute Gasteiger partial charge is 0.314 e. The Morgan fingerprint density at radius 3 is 2.29 bits per heavy atom. The maximum atomic E-state index is 11.3. The number of benzene rings is 2. The van der Waals surface area contributed by atoms with Crippen molar-refractivity contribution >= 4 is 22.6 Å². The lowest BCUT2D eigenvalue weighted by molar-refractivity contribution is 0.204. The molecule has 164 valence electrons. The van der Waals surface area contributed by atoms with E-state index in [1.807, 2.05) is 18.2 Å². The number of nitrogens with zero attached hydrogens (tertiary/aromatic N) is 4. The van der Waals surface area contributed by atoms with Crippen molar-refractivity contribution in [2.75, 3.05) is 31.1 Å². The second-order valence-corrected chi connectivity index (χ2v) is 8.50. The molecule has 31 heavy (non-hydrogen) atoms. The van der Waals surface area contributed by atoms with Crippen molar-refractivity contribution in [1.82, 2.24) is 14.7 Å². The lowest BCUT2D eigenvalue weighted by Crippen LogP contribution is -2.50. The number of carbonyl (C=O) groups excluding carboxylic acids is 1. The molecule has 1 aliphatic heterocycles. The molecule has 2 heterocycles. The minimum atomic E-state index is -0.319. The van der Waals surface area contributed by atoms with Gasteiger partial charge in [0.25, 0.3) is 0 Å². The monoisotopic (exact) mass is 419 g/mol. The molecular weight excluding hydrogens is 386 g/mol. The van der Waals surface area contributed by atoms with Gasteiger partial charge in [0.05, 0.1) is 17.3 Å². The number of anilines is 1. The zero-order chi connectivity index (χ0) is 21.8. The number of primary amides is 1. The predicted molar refractivity (Wildman–Crippen MR) is 127 cm³/mol. The molecule has 0 atom stereocenters. The highest BCUT2D eigenvalue weighted by atomic mass is 16.2. The van der Waals surface area contributed by atoms with Crippen LogP contribution in [0.25, 0.3) is 10.9 Å². The summed E-state index contributed by atoms with van der Waals surface area (Å²) in [7, 11) is 0. The third-order valence-electron chi connectivity index (χ3n) is 6.42. The summed E-state index contributed by atoms with van der Waals surface area (Å²) < 4.78 is 2.25. The topological polar surface area (TPSA) is 67.4 Å². The molecule has 2 amide bonds. The number of fused-ring (bicyclic) bond motifs is 1. The van der Waals surface area contributed by atoms with E-state index in [1.165, 1.54) is 47.1 Å². The lowest BCUT2D eigenvalue weighted by Gasteiger charge is -2.35. The van der Waals surface area contributed by atoms with Gasteiger partial charge < -0.3 is 15.5 Å². The van der Waals surface area contributed by atoms with E-state index in [0.29, 0.717) is 19.1 Å². The van der Waals surface area contributed by atoms with Gasteiger partial charge in [-0.25, -0.2) is 4.79 Å². The number of amides is 2. The van der Waals surface area contributed by atoms with E-state index in [9.17, 15) is 4.79 Å². The summed E-state index contributed by atoms with van der Waals surface area (Å²) in [5.41, 5.74) is 10.4. The van der Waals surface area contributed by atoms with E-state index >= 15 is 0 Å². The molecule has 6 heteroatoms. The second kappa shape index (κ2) is 9.41. The van der Waals surface area contributed by atoms with Gasteiger partial charge in [-0.15, -0.1) is 0 Å². The van der Waals surface area contributed by atoms with E-state index in [-0.39, 0.29) is 6.03 Å². The Kier molecular flexibility index (Phi) is 6.44. The van der Waals surface area contributed by atoms with E-state index in [1.54, 1.807) is 4.90 Å². The van der Waals surface area contributed by atoms with Crippen LogP contribution in [0.15, 0.2) is 48.5 Å². The van der Waals surface area contributed by atoms with E-state index in [2.05, 4.69) is 53.8 Å². The lowest BCUT2D eigenvalue weighted by atomic mass is 9.93. The van der Waals surface area contributed by atoms with Gasteiger partial charge in [-0.1, -0.05) is 42.8 Å². The first-order chi connectivity index (χ1) is 15.1. The number of carbonyl (C=O) groups is 1. The Balaban J connectivity index is 0.000000282. The SMILES string of the molecule is CCc1nn(C2CCC2)c2cc(N3CCN(C(N)=O)CC3)ccc12.Cc1ccccc1. The van der Waals surface area contributed by atoms with Crippen LogP contribution in [-0.4, -0.2) is 46.9 Å².